The van der Waals surface area contributed by atoms with Crippen LogP contribution in [0.5, 0.6) is 0 Å². The molecule has 5 heteroatoms. The molecule has 0 unspecified atom stereocenters. The van der Waals surface area contributed by atoms with Crippen molar-refractivity contribution in [2.75, 3.05) is 31.1 Å². The number of nitrogens with zero attached hydrogens (tertiary/aromatic N) is 3. The number of rotatable bonds is 2. The molecule has 1 aliphatic heterocycles. The van der Waals surface area contributed by atoms with Crippen LogP contribution in [0.3, 0.4) is 0 Å². The molecule has 1 aromatic carbocycles. The van der Waals surface area contributed by atoms with E-state index in [9.17, 15) is 9.18 Å². The van der Waals surface area contributed by atoms with Gasteiger partial charge in [-0.3, -0.25) is 4.79 Å². The Kier molecular flexibility index (Phi) is 4.23. The van der Waals surface area contributed by atoms with Crippen LogP contribution in [-0.4, -0.2) is 37.0 Å². The third kappa shape index (κ3) is 2.90. The van der Waals surface area contributed by atoms with Crippen molar-refractivity contribution in [1.29, 1.82) is 5.26 Å². The molecule has 1 aromatic rings. The van der Waals surface area contributed by atoms with Gasteiger partial charge >= 0.3 is 0 Å². The highest BCUT2D eigenvalue weighted by atomic mass is 19.1. The Hall–Kier alpha value is -2.09. The van der Waals surface area contributed by atoms with Crippen LogP contribution < -0.4 is 4.90 Å². The number of anilines is 1. The molecule has 0 saturated carbocycles. The van der Waals surface area contributed by atoms with Crippen molar-refractivity contribution >= 4 is 11.6 Å². The zero-order valence-corrected chi connectivity index (χ0v) is 11.8. The van der Waals surface area contributed by atoms with Gasteiger partial charge in [0.2, 0.25) is 5.91 Å². The van der Waals surface area contributed by atoms with Crippen LogP contribution in [0.25, 0.3) is 0 Å². The minimum absolute atomic E-state index is 0.00890. The lowest BCUT2D eigenvalue weighted by molar-refractivity contribution is -0.134. The molecule has 1 fully saturated rings. The molecule has 1 heterocycles. The van der Waals surface area contributed by atoms with E-state index < -0.39 is 0 Å². The Morgan fingerprint density at radius 3 is 2.50 bits per heavy atom. The summed E-state index contributed by atoms with van der Waals surface area (Å²) in [6, 6.07) is 6.26. The summed E-state index contributed by atoms with van der Waals surface area (Å²) in [6.07, 6.45) is 0. The zero-order valence-electron chi connectivity index (χ0n) is 11.8. The molecular formula is C15H18FN3O. The van der Waals surface area contributed by atoms with Crippen molar-refractivity contribution in [1.82, 2.24) is 4.90 Å². The van der Waals surface area contributed by atoms with E-state index in [1.54, 1.807) is 0 Å². The second-order valence-electron chi connectivity index (χ2n) is 5.24. The molecule has 0 bridgehead atoms. The Bertz CT molecular complexity index is 543. The summed E-state index contributed by atoms with van der Waals surface area (Å²) >= 11 is 0. The van der Waals surface area contributed by atoms with Gasteiger partial charge in [-0.1, -0.05) is 13.8 Å². The summed E-state index contributed by atoms with van der Waals surface area (Å²) in [7, 11) is 0. The van der Waals surface area contributed by atoms with Crippen molar-refractivity contribution < 1.29 is 9.18 Å². The molecule has 1 amide bonds. The molecule has 0 radical (unpaired) electrons. The number of carbonyl (C=O) groups is 1. The molecule has 106 valence electrons. The SMILES string of the molecule is CC(C)C(=O)N1CCN(c2cc(F)ccc2C#N)CC1. The van der Waals surface area contributed by atoms with Crippen LogP contribution in [0.1, 0.15) is 19.4 Å². The second kappa shape index (κ2) is 5.91. The Balaban J connectivity index is 2.10. The van der Waals surface area contributed by atoms with E-state index in [2.05, 4.69) is 6.07 Å². The maximum atomic E-state index is 13.3. The summed E-state index contributed by atoms with van der Waals surface area (Å²) < 4.78 is 13.3. The molecule has 0 spiro atoms. The zero-order chi connectivity index (χ0) is 14.7. The first kappa shape index (κ1) is 14.3. The average Bonchev–Trinajstić information content (AvgIpc) is 2.46. The lowest BCUT2D eigenvalue weighted by Gasteiger charge is -2.37. The van der Waals surface area contributed by atoms with E-state index in [4.69, 9.17) is 5.26 Å². The highest BCUT2D eigenvalue weighted by Gasteiger charge is 2.24. The number of hydrogen-bond donors (Lipinski definition) is 0. The van der Waals surface area contributed by atoms with Gasteiger partial charge in [-0.25, -0.2) is 4.39 Å². The number of halogens is 1. The lowest BCUT2D eigenvalue weighted by Crippen LogP contribution is -2.50. The van der Waals surface area contributed by atoms with E-state index in [-0.39, 0.29) is 17.6 Å². The highest BCUT2D eigenvalue weighted by Crippen LogP contribution is 2.23. The predicted molar refractivity (Wildman–Crippen MR) is 74.7 cm³/mol. The van der Waals surface area contributed by atoms with Crippen LogP contribution in [-0.2, 0) is 4.79 Å². The fraction of sp³-hybridized carbons (Fsp3) is 0.467. The van der Waals surface area contributed by atoms with Gasteiger partial charge < -0.3 is 9.80 Å². The maximum absolute atomic E-state index is 13.3. The summed E-state index contributed by atoms with van der Waals surface area (Å²) in [4.78, 5) is 15.7. The molecular weight excluding hydrogens is 257 g/mol. The number of carbonyl (C=O) groups excluding carboxylic acids is 1. The van der Waals surface area contributed by atoms with E-state index in [1.165, 1.54) is 18.2 Å². The minimum atomic E-state index is -0.348. The lowest BCUT2D eigenvalue weighted by atomic mass is 10.1. The highest BCUT2D eigenvalue weighted by molar-refractivity contribution is 5.78. The van der Waals surface area contributed by atoms with Gasteiger partial charge in [0.15, 0.2) is 0 Å². The number of benzene rings is 1. The Morgan fingerprint density at radius 1 is 1.30 bits per heavy atom. The molecule has 20 heavy (non-hydrogen) atoms. The standard InChI is InChI=1S/C15H18FN3O/c1-11(2)15(20)19-7-5-18(6-8-19)14-9-13(16)4-3-12(14)10-17/h3-4,9,11H,5-8H2,1-2H3. The van der Waals surface area contributed by atoms with Crippen molar-refractivity contribution in [2.45, 2.75) is 13.8 Å². The molecule has 0 N–H and O–H groups in total. The molecule has 4 nitrogen and oxygen atoms in total. The third-order valence-corrected chi connectivity index (χ3v) is 3.51. The van der Waals surface area contributed by atoms with Crippen LogP contribution in [0.4, 0.5) is 10.1 Å². The minimum Gasteiger partial charge on any atom is -0.367 e. The largest absolute Gasteiger partial charge is 0.367 e. The van der Waals surface area contributed by atoms with Gasteiger partial charge in [0.25, 0.3) is 0 Å². The van der Waals surface area contributed by atoms with Crippen molar-refractivity contribution in [2.24, 2.45) is 5.92 Å². The van der Waals surface area contributed by atoms with Crippen LogP contribution in [0.2, 0.25) is 0 Å². The first-order valence-corrected chi connectivity index (χ1v) is 6.76. The van der Waals surface area contributed by atoms with Gasteiger partial charge in [-0.05, 0) is 18.2 Å². The maximum Gasteiger partial charge on any atom is 0.225 e. The molecule has 1 saturated heterocycles. The summed E-state index contributed by atoms with van der Waals surface area (Å²) in [5, 5.41) is 9.09. The van der Waals surface area contributed by atoms with E-state index >= 15 is 0 Å². The molecule has 1 aliphatic rings. The average molecular weight is 275 g/mol. The van der Waals surface area contributed by atoms with E-state index in [0.717, 1.165) is 0 Å². The van der Waals surface area contributed by atoms with Gasteiger partial charge in [0, 0.05) is 32.1 Å². The van der Waals surface area contributed by atoms with Crippen molar-refractivity contribution in [3.63, 3.8) is 0 Å². The molecule has 0 atom stereocenters. The van der Waals surface area contributed by atoms with Crippen LogP contribution in [0, 0.1) is 23.1 Å². The second-order valence-corrected chi connectivity index (χ2v) is 5.24. The smallest absolute Gasteiger partial charge is 0.225 e. The normalized spacial score (nSPS) is 15.3. The quantitative estimate of drug-likeness (QED) is 0.829. The van der Waals surface area contributed by atoms with Crippen LogP contribution >= 0.6 is 0 Å². The molecule has 0 aromatic heterocycles. The van der Waals surface area contributed by atoms with E-state index in [0.29, 0.717) is 37.4 Å². The van der Waals surface area contributed by atoms with Crippen molar-refractivity contribution in [3.8, 4) is 6.07 Å². The fourth-order valence-electron chi connectivity index (χ4n) is 2.39. The van der Waals surface area contributed by atoms with Gasteiger partial charge in [0.05, 0.1) is 11.3 Å². The molecule has 2 rings (SSSR count). The topological polar surface area (TPSA) is 47.3 Å². The Morgan fingerprint density at radius 2 is 1.95 bits per heavy atom. The summed E-state index contributed by atoms with van der Waals surface area (Å²) in [5.41, 5.74) is 1.08. The predicted octanol–water partition coefficient (Wildman–Crippen LogP) is 2.00. The summed E-state index contributed by atoms with van der Waals surface area (Å²) in [5.74, 6) is -0.213. The monoisotopic (exact) mass is 275 g/mol. The molecule has 0 aliphatic carbocycles. The van der Waals surface area contributed by atoms with Crippen LogP contribution in [0.15, 0.2) is 18.2 Å². The summed E-state index contributed by atoms with van der Waals surface area (Å²) in [6.45, 7) is 6.23. The van der Waals surface area contributed by atoms with Crippen molar-refractivity contribution in [3.05, 3.63) is 29.6 Å². The van der Waals surface area contributed by atoms with Gasteiger partial charge in [-0.15, -0.1) is 0 Å². The number of piperazine rings is 1. The first-order chi connectivity index (χ1) is 9.52. The number of amides is 1. The van der Waals surface area contributed by atoms with E-state index in [1.807, 2.05) is 23.6 Å². The first-order valence-electron chi connectivity index (χ1n) is 6.76. The van der Waals surface area contributed by atoms with Gasteiger partial charge in [0.1, 0.15) is 11.9 Å². The number of nitriles is 1. The van der Waals surface area contributed by atoms with Gasteiger partial charge in [-0.2, -0.15) is 5.26 Å². The third-order valence-electron chi connectivity index (χ3n) is 3.51. The Labute approximate surface area is 118 Å². The number of hydrogen-bond acceptors (Lipinski definition) is 3. The fourth-order valence-corrected chi connectivity index (χ4v) is 2.39.